The average Bonchev–Trinajstić information content (AvgIpc) is 2.27. The summed E-state index contributed by atoms with van der Waals surface area (Å²) in [4.78, 5) is 48.2. The van der Waals surface area contributed by atoms with Crippen LogP contribution in [0.15, 0.2) is 0 Å². The van der Waals surface area contributed by atoms with Crippen LogP contribution in [0.25, 0.3) is 0 Å². The van der Waals surface area contributed by atoms with E-state index in [2.05, 4.69) is 0 Å². The number of urea groups is 1. The summed E-state index contributed by atoms with van der Waals surface area (Å²) in [5.41, 5.74) is 0. The lowest BCUT2D eigenvalue weighted by atomic mass is 10.1. The van der Waals surface area contributed by atoms with E-state index in [0.717, 1.165) is 4.90 Å². The molecule has 1 atom stereocenters. The third kappa shape index (κ3) is 2.35. The van der Waals surface area contributed by atoms with Gasteiger partial charge in [0, 0.05) is 25.3 Å². The van der Waals surface area contributed by atoms with Gasteiger partial charge in [-0.2, -0.15) is 4.90 Å². The van der Waals surface area contributed by atoms with Crippen LogP contribution in [0.1, 0.15) is 40.0 Å². The Morgan fingerprint density at radius 2 is 1.71 bits per heavy atom. The highest BCUT2D eigenvalue weighted by atomic mass is 16.2. The van der Waals surface area contributed by atoms with Crippen LogP contribution in [-0.2, 0) is 14.4 Å². The van der Waals surface area contributed by atoms with E-state index in [9.17, 15) is 19.2 Å². The average molecular weight is 240 g/mol. The first kappa shape index (κ1) is 13.3. The normalized spacial score (nSPS) is 20.8. The van der Waals surface area contributed by atoms with Gasteiger partial charge in [-0.15, -0.1) is 0 Å². The smallest absolute Gasteiger partial charge is 0.274 e. The molecule has 0 spiro atoms. The molecule has 1 aliphatic rings. The van der Waals surface area contributed by atoms with Crippen molar-refractivity contribution >= 4 is 23.8 Å². The molecule has 0 radical (unpaired) electrons. The zero-order chi connectivity index (χ0) is 13.2. The molecule has 5 amide bonds. The largest absolute Gasteiger partial charge is 0.340 e. The fourth-order valence-electron chi connectivity index (χ4n) is 1.76. The lowest BCUT2D eigenvalue weighted by Crippen LogP contribution is -2.59. The lowest BCUT2D eigenvalue weighted by molar-refractivity contribution is -0.146. The van der Waals surface area contributed by atoms with Gasteiger partial charge in [-0.05, 0) is 6.92 Å². The number of hydrogen-bond donors (Lipinski definition) is 0. The molecular weight excluding hydrogens is 224 g/mol. The van der Waals surface area contributed by atoms with E-state index in [1.807, 2.05) is 0 Å². The standard InChI is InChI=1S/C11H16N2O4/c1-4-8(14)12-7(3)6-10(16)13(11(12)17)9(15)5-2/h7H,4-6H2,1-3H3. The minimum Gasteiger partial charge on any atom is -0.274 e. The monoisotopic (exact) mass is 240 g/mol. The highest BCUT2D eigenvalue weighted by Gasteiger charge is 2.42. The Labute approximate surface area is 99.5 Å². The van der Waals surface area contributed by atoms with Crippen LogP contribution in [0.4, 0.5) is 4.79 Å². The van der Waals surface area contributed by atoms with Crippen molar-refractivity contribution in [3.8, 4) is 0 Å². The lowest BCUT2D eigenvalue weighted by Gasteiger charge is -2.36. The van der Waals surface area contributed by atoms with Gasteiger partial charge in [0.1, 0.15) is 0 Å². The van der Waals surface area contributed by atoms with E-state index in [0.29, 0.717) is 4.90 Å². The van der Waals surface area contributed by atoms with Crippen LogP contribution in [-0.4, -0.2) is 39.6 Å². The summed E-state index contributed by atoms with van der Waals surface area (Å²) in [6.07, 6.45) is 0.224. The van der Waals surface area contributed by atoms with E-state index in [4.69, 9.17) is 0 Å². The van der Waals surface area contributed by atoms with Gasteiger partial charge < -0.3 is 0 Å². The molecule has 0 N–H and O–H groups in total. The zero-order valence-electron chi connectivity index (χ0n) is 10.2. The first-order valence-electron chi connectivity index (χ1n) is 5.65. The quantitative estimate of drug-likeness (QED) is 0.718. The number of rotatable bonds is 2. The first-order valence-corrected chi connectivity index (χ1v) is 5.65. The molecule has 1 fully saturated rings. The number of carbonyl (C=O) groups is 4. The van der Waals surface area contributed by atoms with E-state index < -0.39 is 23.9 Å². The van der Waals surface area contributed by atoms with E-state index in [1.54, 1.807) is 20.8 Å². The van der Waals surface area contributed by atoms with Gasteiger partial charge in [-0.25, -0.2) is 4.79 Å². The molecule has 6 heteroatoms. The van der Waals surface area contributed by atoms with Crippen molar-refractivity contribution < 1.29 is 19.2 Å². The first-order chi connectivity index (χ1) is 7.93. The van der Waals surface area contributed by atoms with Gasteiger partial charge in [0.2, 0.25) is 17.7 Å². The third-order valence-electron chi connectivity index (χ3n) is 2.68. The number of imide groups is 4. The molecule has 1 aliphatic heterocycles. The molecule has 1 rings (SSSR count). The van der Waals surface area contributed by atoms with E-state index >= 15 is 0 Å². The van der Waals surface area contributed by atoms with Gasteiger partial charge >= 0.3 is 6.03 Å². The number of amides is 5. The van der Waals surface area contributed by atoms with Crippen molar-refractivity contribution in [3.63, 3.8) is 0 Å². The Bertz CT molecular complexity index is 378. The minimum atomic E-state index is -0.813. The molecule has 0 bridgehead atoms. The third-order valence-corrected chi connectivity index (χ3v) is 2.68. The van der Waals surface area contributed by atoms with Crippen LogP contribution in [0.5, 0.6) is 0 Å². The van der Waals surface area contributed by atoms with Crippen molar-refractivity contribution in [2.75, 3.05) is 0 Å². The van der Waals surface area contributed by atoms with Crippen molar-refractivity contribution in [1.82, 2.24) is 9.80 Å². The fraction of sp³-hybridized carbons (Fsp3) is 0.636. The molecule has 0 saturated carbocycles. The molecule has 94 valence electrons. The molecule has 0 aromatic rings. The second kappa shape index (κ2) is 5.07. The molecule has 1 saturated heterocycles. The Balaban J connectivity index is 3.03. The van der Waals surface area contributed by atoms with Crippen molar-refractivity contribution in [1.29, 1.82) is 0 Å². The van der Waals surface area contributed by atoms with Gasteiger partial charge in [0.05, 0.1) is 0 Å². The summed E-state index contributed by atoms with van der Waals surface area (Å²) in [5, 5.41) is 0. The topological polar surface area (TPSA) is 74.8 Å². The number of nitrogens with zero attached hydrogens (tertiary/aromatic N) is 2. The molecule has 0 aromatic carbocycles. The maximum Gasteiger partial charge on any atom is 0.340 e. The summed E-state index contributed by atoms with van der Waals surface area (Å²) in [6, 6.07) is -1.30. The molecule has 1 heterocycles. The van der Waals surface area contributed by atoms with Gasteiger partial charge in [-0.1, -0.05) is 13.8 Å². The van der Waals surface area contributed by atoms with Crippen molar-refractivity contribution in [3.05, 3.63) is 0 Å². The highest BCUT2D eigenvalue weighted by molar-refractivity contribution is 6.15. The maximum absolute atomic E-state index is 11.9. The van der Waals surface area contributed by atoms with Crippen LogP contribution in [0.3, 0.4) is 0 Å². The number of carbonyl (C=O) groups excluding carboxylic acids is 4. The highest BCUT2D eigenvalue weighted by Crippen LogP contribution is 2.19. The molecule has 0 aromatic heterocycles. The molecule has 17 heavy (non-hydrogen) atoms. The van der Waals surface area contributed by atoms with Crippen LogP contribution in [0.2, 0.25) is 0 Å². The Hall–Kier alpha value is -1.72. The zero-order valence-corrected chi connectivity index (χ0v) is 10.2. The van der Waals surface area contributed by atoms with E-state index in [-0.39, 0.29) is 25.2 Å². The molecule has 1 unspecified atom stereocenters. The maximum atomic E-state index is 11.9. The summed E-state index contributed by atoms with van der Waals surface area (Å²) in [5.74, 6) is -1.47. The van der Waals surface area contributed by atoms with Gasteiger partial charge in [0.25, 0.3) is 0 Å². The number of hydrogen-bond acceptors (Lipinski definition) is 4. The Morgan fingerprint density at radius 3 is 2.18 bits per heavy atom. The minimum absolute atomic E-state index is 0.00319. The van der Waals surface area contributed by atoms with E-state index in [1.165, 1.54) is 0 Å². The van der Waals surface area contributed by atoms with Crippen LogP contribution < -0.4 is 0 Å². The predicted molar refractivity (Wildman–Crippen MR) is 58.8 cm³/mol. The second-order valence-corrected chi connectivity index (χ2v) is 3.93. The molecule has 6 nitrogen and oxygen atoms in total. The van der Waals surface area contributed by atoms with Crippen molar-refractivity contribution in [2.24, 2.45) is 0 Å². The summed E-state index contributed by atoms with van der Waals surface area (Å²) >= 11 is 0. The predicted octanol–water partition coefficient (Wildman–Crippen LogP) is 0.902. The summed E-state index contributed by atoms with van der Waals surface area (Å²) in [7, 11) is 0. The summed E-state index contributed by atoms with van der Waals surface area (Å²) in [6.45, 7) is 4.81. The van der Waals surface area contributed by atoms with Crippen LogP contribution in [0, 0.1) is 0 Å². The fourth-order valence-corrected chi connectivity index (χ4v) is 1.76. The Morgan fingerprint density at radius 1 is 1.18 bits per heavy atom. The van der Waals surface area contributed by atoms with Gasteiger partial charge in [0.15, 0.2) is 0 Å². The van der Waals surface area contributed by atoms with Crippen molar-refractivity contribution in [2.45, 2.75) is 46.1 Å². The molecular formula is C11H16N2O4. The van der Waals surface area contributed by atoms with Crippen LogP contribution >= 0.6 is 0 Å². The SMILES string of the molecule is CCC(=O)N1C(=O)CC(C)N(C(=O)CC)C1=O. The molecule has 0 aliphatic carbocycles. The summed E-state index contributed by atoms with van der Waals surface area (Å²) < 4.78 is 0. The Kier molecular flexibility index (Phi) is 3.98. The second-order valence-electron chi connectivity index (χ2n) is 3.93. The van der Waals surface area contributed by atoms with Gasteiger partial charge in [-0.3, -0.25) is 19.3 Å².